The standard InChI is InChI=1S/C17H21N3O.2ClH/c1-12(11-18)17(21)20-13(2)14-3-5-15(6-4-14)16-7-9-19-10-8-16;;/h3-10,12-13H,11,18H2,1-2H3,(H,20,21);2*1H. The van der Waals surface area contributed by atoms with Crippen LogP contribution in [0.4, 0.5) is 0 Å². The lowest BCUT2D eigenvalue weighted by Crippen LogP contribution is -2.34. The number of aromatic nitrogens is 1. The fraction of sp³-hybridized carbons (Fsp3) is 0.294. The molecule has 126 valence electrons. The van der Waals surface area contributed by atoms with Crippen LogP contribution in [0.2, 0.25) is 0 Å². The summed E-state index contributed by atoms with van der Waals surface area (Å²) < 4.78 is 0. The molecule has 0 aliphatic carbocycles. The molecule has 3 N–H and O–H groups in total. The lowest BCUT2D eigenvalue weighted by atomic mass is 10.0. The third-order valence-electron chi connectivity index (χ3n) is 3.58. The summed E-state index contributed by atoms with van der Waals surface area (Å²) in [6, 6.07) is 12.1. The number of benzene rings is 1. The van der Waals surface area contributed by atoms with E-state index in [-0.39, 0.29) is 42.7 Å². The normalized spacial score (nSPS) is 12.3. The van der Waals surface area contributed by atoms with E-state index in [1.54, 1.807) is 12.4 Å². The van der Waals surface area contributed by atoms with Crippen LogP contribution in [0.3, 0.4) is 0 Å². The minimum atomic E-state index is -0.163. The average Bonchev–Trinajstić information content (AvgIpc) is 2.55. The maximum Gasteiger partial charge on any atom is 0.224 e. The molecule has 0 aliphatic rings. The smallest absolute Gasteiger partial charge is 0.224 e. The molecule has 1 aromatic heterocycles. The van der Waals surface area contributed by atoms with Gasteiger partial charge in [-0.25, -0.2) is 0 Å². The van der Waals surface area contributed by atoms with E-state index in [4.69, 9.17) is 5.73 Å². The van der Waals surface area contributed by atoms with E-state index >= 15 is 0 Å². The molecule has 0 radical (unpaired) electrons. The highest BCUT2D eigenvalue weighted by Gasteiger charge is 2.14. The van der Waals surface area contributed by atoms with E-state index < -0.39 is 0 Å². The largest absolute Gasteiger partial charge is 0.349 e. The Morgan fingerprint density at radius 3 is 2.09 bits per heavy atom. The number of carbonyl (C=O) groups is 1. The second-order valence-electron chi connectivity index (χ2n) is 5.22. The number of nitrogens with one attached hydrogen (secondary N) is 1. The van der Waals surface area contributed by atoms with Crippen LogP contribution < -0.4 is 11.1 Å². The van der Waals surface area contributed by atoms with Gasteiger partial charge in [0.1, 0.15) is 0 Å². The number of pyridine rings is 1. The molecule has 1 heterocycles. The minimum absolute atomic E-state index is 0. The summed E-state index contributed by atoms with van der Waals surface area (Å²) in [7, 11) is 0. The first-order valence-electron chi connectivity index (χ1n) is 7.12. The Morgan fingerprint density at radius 1 is 1.04 bits per heavy atom. The van der Waals surface area contributed by atoms with Gasteiger partial charge in [-0.2, -0.15) is 0 Å². The van der Waals surface area contributed by atoms with E-state index in [0.717, 1.165) is 16.7 Å². The van der Waals surface area contributed by atoms with Crippen LogP contribution in [0, 0.1) is 5.92 Å². The molecule has 2 rings (SSSR count). The molecule has 0 bridgehead atoms. The van der Waals surface area contributed by atoms with Gasteiger partial charge in [-0.1, -0.05) is 31.2 Å². The molecule has 0 fully saturated rings. The molecule has 0 spiro atoms. The quantitative estimate of drug-likeness (QED) is 0.863. The Balaban J connectivity index is 0.00000242. The summed E-state index contributed by atoms with van der Waals surface area (Å²) in [4.78, 5) is 15.9. The summed E-state index contributed by atoms with van der Waals surface area (Å²) >= 11 is 0. The van der Waals surface area contributed by atoms with Crippen molar-refractivity contribution in [3.8, 4) is 11.1 Å². The Kier molecular flexibility index (Phi) is 9.49. The van der Waals surface area contributed by atoms with Gasteiger partial charge in [0.15, 0.2) is 0 Å². The third-order valence-corrected chi connectivity index (χ3v) is 3.58. The van der Waals surface area contributed by atoms with E-state index in [9.17, 15) is 4.79 Å². The zero-order chi connectivity index (χ0) is 15.2. The van der Waals surface area contributed by atoms with Crippen molar-refractivity contribution >= 4 is 30.7 Å². The topological polar surface area (TPSA) is 68.0 Å². The Labute approximate surface area is 149 Å². The van der Waals surface area contributed by atoms with Crippen LogP contribution in [0.5, 0.6) is 0 Å². The predicted octanol–water partition coefficient (Wildman–Crippen LogP) is 3.36. The number of rotatable bonds is 5. The molecular formula is C17H23Cl2N3O. The fourth-order valence-electron chi connectivity index (χ4n) is 2.05. The van der Waals surface area contributed by atoms with Gasteiger partial charge in [0.05, 0.1) is 6.04 Å². The van der Waals surface area contributed by atoms with Gasteiger partial charge in [-0.05, 0) is 35.7 Å². The van der Waals surface area contributed by atoms with Crippen molar-refractivity contribution in [2.24, 2.45) is 11.7 Å². The van der Waals surface area contributed by atoms with Gasteiger partial charge in [0.2, 0.25) is 5.91 Å². The molecule has 2 atom stereocenters. The van der Waals surface area contributed by atoms with Gasteiger partial charge < -0.3 is 11.1 Å². The van der Waals surface area contributed by atoms with Crippen molar-refractivity contribution < 1.29 is 4.79 Å². The minimum Gasteiger partial charge on any atom is -0.349 e. The fourth-order valence-corrected chi connectivity index (χ4v) is 2.05. The number of hydrogen-bond donors (Lipinski definition) is 2. The van der Waals surface area contributed by atoms with Crippen molar-refractivity contribution in [1.29, 1.82) is 0 Å². The number of halogens is 2. The number of carbonyl (C=O) groups excluding carboxylic acids is 1. The van der Waals surface area contributed by atoms with Gasteiger partial charge >= 0.3 is 0 Å². The van der Waals surface area contributed by atoms with Crippen molar-refractivity contribution in [3.63, 3.8) is 0 Å². The monoisotopic (exact) mass is 355 g/mol. The predicted molar refractivity (Wildman–Crippen MR) is 98.9 cm³/mol. The van der Waals surface area contributed by atoms with E-state index in [2.05, 4.69) is 22.4 Å². The van der Waals surface area contributed by atoms with E-state index in [1.165, 1.54) is 0 Å². The van der Waals surface area contributed by atoms with Crippen molar-refractivity contribution in [2.75, 3.05) is 6.54 Å². The molecule has 1 amide bonds. The average molecular weight is 356 g/mol. The molecule has 0 aliphatic heterocycles. The highest BCUT2D eigenvalue weighted by atomic mass is 35.5. The number of nitrogens with zero attached hydrogens (tertiary/aromatic N) is 1. The van der Waals surface area contributed by atoms with Crippen LogP contribution in [0.1, 0.15) is 25.5 Å². The molecule has 0 saturated carbocycles. The summed E-state index contributed by atoms with van der Waals surface area (Å²) in [5.74, 6) is -0.174. The summed E-state index contributed by atoms with van der Waals surface area (Å²) in [6.07, 6.45) is 3.56. The van der Waals surface area contributed by atoms with E-state index in [1.807, 2.05) is 38.1 Å². The zero-order valence-corrected chi connectivity index (χ0v) is 14.9. The number of nitrogens with two attached hydrogens (primary N) is 1. The van der Waals surface area contributed by atoms with Gasteiger partial charge in [0.25, 0.3) is 0 Å². The van der Waals surface area contributed by atoms with E-state index in [0.29, 0.717) is 6.54 Å². The van der Waals surface area contributed by atoms with Crippen LogP contribution in [-0.2, 0) is 4.79 Å². The highest BCUT2D eigenvalue weighted by Crippen LogP contribution is 2.21. The lowest BCUT2D eigenvalue weighted by molar-refractivity contribution is -0.124. The SMILES string of the molecule is CC(CN)C(=O)NC(C)c1ccc(-c2ccncc2)cc1.Cl.Cl. The van der Waals surface area contributed by atoms with Gasteiger partial charge in [0, 0.05) is 24.9 Å². The first-order chi connectivity index (χ1) is 10.1. The maximum absolute atomic E-state index is 11.8. The highest BCUT2D eigenvalue weighted by molar-refractivity contribution is 5.85. The molecular weight excluding hydrogens is 333 g/mol. The summed E-state index contributed by atoms with van der Waals surface area (Å²) in [5.41, 5.74) is 8.84. The summed E-state index contributed by atoms with van der Waals surface area (Å²) in [6.45, 7) is 4.16. The van der Waals surface area contributed by atoms with Crippen LogP contribution >= 0.6 is 24.8 Å². The maximum atomic E-state index is 11.8. The Bertz CT molecular complexity index is 591. The van der Waals surface area contributed by atoms with Crippen LogP contribution in [-0.4, -0.2) is 17.4 Å². The van der Waals surface area contributed by atoms with Crippen molar-refractivity contribution in [3.05, 3.63) is 54.4 Å². The Hall–Kier alpha value is -1.62. The third kappa shape index (κ3) is 5.82. The molecule has 6 heteroatoms. The van der Waals surface area contributed by atoms with Crippen molar-refractivity contribution in [1.82, 2.24) is 10.3 Å². The molecule has 23 heavy (non-hydrogen) atoms. The molecule has 2 unspecified atom stereocenters. The number of hydrogen-bond acceptors (Lipinski definition) is 3. The van der Waals surface area contributed by atoms with Crippen molar-refractivity contribution in [2.45, 2.75) is 19.9 Å². The van der Waals surface area contributed by atoms with Gasteiger partial charge in [-0.3, -0.25) is 9.78 Å². The summed E-state index contributed by atoms with van der Waals surface area (Å²) in [5, 5.41) is 2.98. The first-order valence-corrected chi connectivity index (χ1v) is 7.12. The zero-order valence-electron chi connectivity index (χ0n) is 13.2. The first kappa shape index (κ1) is 21.4. The Morgan fingerprint density at radius 2 is 1.57 bits per heavy atom. The van der Waals surface area contributed by atoms with Gasteiger partial charge in [-0.15, -0.1) is 24.8 Å². The molecule has 1 aromatic carbocycles. The number of amides is 1. The molecule has 2 aromatic rings. The molecule has 4 nitrogen and oxygen atoms in total. The van der Waals surface area contributed by atoms with Crippen LogP contribution in [0.25, 0.3) is 11.1 Å². The lowest BCUT2D eigenvalue weighted by Gasteiger charge is -2.17. The second-order valence-corrected chi connectivity index (χ2v) is 5.22. The van der Waals surface area contributed by atoms with Crippen LogP contribution in [0.15, 0.2) is 48.8 Å². The second kappa shape index (κ2) is 10.2. The molecule has 0 saturated heterocycles.